The van der Waals surface area contributed by atoms with Gasteiger partial charge in [-0.1, -0.05) is 70.5 Å². The van der Waals surface area contributed by atoms with Crippen molar-refractivity contribution in [3.63, 3.8) is 0 Å². The molecule has 4 aliphatic heterocycles. The Labute approximate surface area is 404 Å². The zero-order chi connectivity index (χ0) is 48.1. The fourth-order valence-corrected chi connectivity index (χ4v) is 12.4. The Morgan fingerprint density at radius 1 is 0.691 bits per heavy atom. The highest BCUT2D eigenvalue weighted by Crippen LogP contribution is 2.58. The molecule has 1 saturated carbocycles. The topological polar surface area (TPSA) is 105 Å². The number of primary amides is 1. The quantitative estimate of drug-likeness (QED) is 0.178. The van der Waals surface area contributed by atoms with E-state index in [2.05, 4.69) is 112 Å². The summed E-state index contributed by atoms with van der Waals surface area (Å²) in [5.74, 6) is 6.25. The summed E-state index contributed by atoms with van der Waals surface area (Å²) in [6.07, 6.45) is 8.76. The lowest BCUT2D eigenvalue weighted by molar-refractivity contribution is -0.135. The van der Waals surface area contributed by atoms with Crippen LogP contribution in [0.1, 0.15) is 121 Å². The molecule has 11 rings (SSSR count). The Balaban J connectivity index is 0.000000219. The SMILES string of the molecule is CC(C)c1ccc2c(c1)CCC1C(C)(C(N)=O)CCCC21C.COc1ccc2cc1Oc1ccc(cc1)CC1c3cc(c(OC)cc3CCN1C)Oc1c(OC)c(OC)cc3c1C(C2)N(C)CC3. The zero-order valence-electron chi connectivity index (χ0n) is 41.9. The lowest BCUT2D eigenvalue weighted by atomic mass is 9.49. The first-order valence-corrected chi connectivity index (χ1v) is 24.6. The predicted octanol–water partition coefficient (Wildman–Crippen LogP) is 11.5. The van der Waals surface area contributed by atoms with E-state index in [4.69, 9.17) is 34.2 Å². The van der Waals surface area contributed by atoms with Gasteiger partial charge in [0.25, 0.3) is 0 Å². The van der Waals surface area contributed by atoms with Crippen molar-refractivity contribution in [2.45, 2.75) is 109 Å². The molecular formula is C58H71N3O7. The zero-order valence-corrected chi connectivity index (χ0v) is 41.9. The monoisotopic (exact) mass is 922 g/mol. The lowest BCUT2D eigenvalue weighted by Gasteiger charge is -2.54. The van der Waals surface area contributed by atoms with Crippen molar-refractivity contribution in [1.82, 2.24) is 9.80 Å². The molecule has 6 bridgehead atoms. The first kappa shape index (κ1) is 47.4. The number of fused-ring (bicyclic) bond motifs is 5. The molecule has 5 unspecified atom stereocenters. The van der Waals surface area contributed by atoms with Gasteiger partial charge in [0.15, 0.2) is 34.5 Å². The van der Waals surface area contributed by atoms with Crippen LogP contribution in [0, 0.1) is 11.3 Å². The highest BCUT2D eigenvalue weighted by Gasteiger charge is 2.54. The van der Waals surface area contributed by atoms with Gasteiger partial charge in [0.05, 0.1) is 28.4 Å². The predicted molar refractivity (Wildman–Crippen MR) is 269 cm³/mol. The molecule has 2 N–H and O–H groups in total. The molecule has 68 heavy (non-hydrogen) atoms. The molecule has 10 heteroatoms. The summed E-state index contributed by atoms with van der Waals surface area (Å²) in [4.78, 5) is 17.0. The lowest BCUT2D eigenvalue weighted by Crippen LogP contribution is -2.54. The van der Waals surface area contributed by atoms with Gasteiger partial charge in [-0.25, -0.2) is 0 Å². The van der Waals surface area contributed by atoms with Crippen molar-refractivity contribution < 1.29 is 33.2 Å². The van der Waals surface area contributed by atoms with Crippen LogP contribution in [-0.2, 0) is 42.3 Å². The van der Waals surface area contributed by atoms with Gasteiger partial charge in [-0.2, -0.15) is 0 Å². The third kappa shape index (κ3) is 8.57. The Morgan fingerprint density at radius 2 is 1.35 bits per heavy atom. The minimum Gasteiger partial charge on any atom is -0.493 e. The van der Waals surface area contributed by atoms with Gasteiger partial charge in [0.1, 0.15) is 5.75 Å². The van der Waals surface area contributed by atoms with Gasteiger partial charge < -0.3 is 34.2 Å². The van der Waals surface area contributed by atoms with Crippen molar-refractivity contribution in [1.29, 1.82) is 0 Å². The standard InChI is InChI=1S/C38H42N2O6.C20H29NO/c1-39-15-13-25-20-32(42-4)34-22-28(25)29(39)17-23-7-10-27(11-8-23)45-33-19-24(9-12-31(33)41-3)18-30-36-26(14-16-40(30)2)21-35(43-5)37(44-6)38(36)46-34;1-13(2)14-6-8-16-15(12-14)7-9-17-19(16,3)10-5-11-20(17,4)18(21)22/h7-12,19-22,29-30H,13-18H2,1-6H3;6,8,12-13,17H,5,7,9-11H2,1-4H3,(H2,21,22). The molecule has 5 aromatic carbocycles. The van der Waals surface area contributed by atoms with Crippen LogP contribution >= 0.6 is 0 Å². The van der Waals surface area contributed by atoms with Gasteiger partial charge in [0.2, 0.25) is 11.7 Å². The summed E-state index contributed by atoms with van der Waals surface area (Å²) < 4.78 is 37.1. The average molecular weight is 922 g/mol. The largest absolute Gasteiger partial charge is 0.493 e. The van der Waals surface area contributed by atoms with Gasteiger partial charge in [-0.3, -0.25) is 14.6 Å². The number of methoxy groups -OCH3 is 4. The number of benzene rings is 5. The Morgan fingerprint density at radius 3 is 2.04 bits per heavy atom. The highest BCUT2D eigenvalue weighted by molar-refractivity contribution is 5.81. The van der Waals surface area contributed by atoms with Crippen LogP contribution in [0.2, 0.25) is 0 Å². The second kappa shape index (κ2) is 19.0. The maximum Gasteiger partial charge on any atom is 0.223 e. The summed E-state index contributed by atoms with van der Waals surface area (Å²) in [7, 11) is 11.1. The second-order valence-electron chi connectivity index (χ2n) is 20.7. The van der Waals surface area contributed by atoms with E-state index in [0.717, 1.165) is 81.3 Å². The van der Waals surface area contributed by atoms with Crippen LogP contribution in [0.25, 0.3) is 0 Å². The first-order chi connectivity index (χ1) is 32.7. The fourth-order valence-electron chi connectivity index (χ4n) is 12.4. The molecular weight excluding hydrogens is 851 g/mol. The number of ether oxygens (including phenoxy) is 6. The molecule has 5 aromatic rings. The number of rotatable bonds is 6. The van der Waals surface area contributed by atoms with Crippen LogP contribution in [0.15, 0.2) is 78.9 Å². The molecule has 0 saturated heterocycles. The highest BCUT2D eigenvalue weighted by atomic mass is 16.5. The van der Waals surface area contributed by atoms with Crippen molar-refractivity contribution in [3.8, 4) is 46.0 Å². The van der Waals surface area contributed by atoms with Crippen LogP contribution in [0.3, 0.4) is 0 Å². The molecule has 5 atom stereocenters. The molecule has 1 fully saturated rings. The van der Waals surface area contributed by atoms with Gasteiger partial charge in [0, 0.05) is 36.2 Å². The van der Waals surface area contributed by atoms with E-state index in [1.165, 1.54) is 45.4 Å². The number of hydrogen-bond acceptors (Lipinski definition) is 9. The van der Waals surface area contributed by atoms with Crippen molar-refractivity contribution in [3.05, 3.63) is 129 Å². The van der Waals surface area contributed by atoms with E-state index < -0.39 is 0 Å². The fraction of sp³-hybridized carbons (Fsp3) is 0.466. The maximum atomic E-state index is 12.2. The molecule has 0 radical (unpaired) electrons. The number of likely N-dealkylation sites (N-methyl/N-ethyl adjacent to an activating group) is 2. The third-order valence-corrected chi connectivity index (χ3v) is 16.5. The van der Waals surface area contributed by atoms with E-state index in [1.54, 1.807) is 28.4 Å². The molecule has 360 valence electrons. The van der Waals surface area contributed by atoms with Gasteiger partial charge in [-0.05, 0) is 170 Å². The van der Waals surface area contributed by atoms with Crippen LogP contribution in [0.5, 0.6) is 46.0 Å². The number of carbonyl (C=O) groups excluding carboxylic acids is 1. The minimum atomic E-state index is -0.346. The van der Waals surface area contributed by atoms with Crippen molar-refractivity contribution in [2.24, 2.45) is 17.1 Å². The normalized spacial score (nSPS) is 24.0. The molecule has 0 aromatic heterocycles. The van der Waals surface area contributed by atoms with Gasteiger partial charge in [-0.15, -0.1) is 0 Å². The van der Waals surface area contributed by atoms with Crippen LogP contribution in [-0.4, -0.2) is 71.3 Å². The first-order valence-electron chi connectivity index (χ1n) is 24.6. The van der Waals surface area contributed by atoms with Crippen LogP contribution < -0.4 is 34.2 Å². The second-order valence-corrected chi connectivity index (χ2v) is 20.7. The third-order valence-electron chi connectivity index (χ3n) is 16.5. The summed E-state index contributed by atoms with van der Waals surface area (Å²) in [6, 6.07) is 28.2. The number of aryl methyl sites for hydroxylation is 1. The van der Waals surface area contributed by atoms with E-state index in [0.29, 0.717) is 52.1 Å². The maximum absolute atomic E-state index is 12.2. The summed E-state index contributed by atoms with van der Waals surface area (Å²) in [5, 5.41) is 0. The number of carbonyl (C=O) groups is 1. The number of hydrogen-bond donors (Lipinski definition) is 1. The number of nitrogens with zero attached hydrogens (tertiary/aromatic N) is 2. The minimum absolute atomic E-state index is 0.000437. The van der Waals surface area contributed by atoms with E-state index in [1.807, 2.05) is 18.2 Å². The molecule has 4 heterocycles. The van der Waals surface area contributed by atoms with E-state index >= 15 is 0 Å². The van der Waals surface area contributed by atoms with Crippen LogP contribution in [0.4, 0.5) is 0 Å². The average Bonchev–Trinajstić information content (AvgIpc) is 3.33. The Hall–Kier alpha value is -5.71. The Kier molecular flexibility index (Phi) is 13.2. The molecule has 0 spiro atoms. The Bertz CT molecular complexity index is 2680. The smallest absolute Gasteiger partial charge is 0.223 e. The number of amides is 1. The molecule has 6 aliphatic rings. The number of nitrogens with two attached hydrogens (primary N) is 1. The van der Waals surface area contributed by atoms with Gasteiger partial charge >= 0.3 is 0 Å². The van der Waals surface area contributed by atoms with Crippen molar-refractivity contribution in [2.75, 3.05) is 55.6 Å². The summed E-state index contributed by atoms with van der Waals surface area (Å²) in [6.45, 7) is 10.8. The molecule has 1 amide bonds. The van der Waals surface area contributed by atoms with E-state index in [-0.39, 0.29) is 28.8 Å². The summed E-state index contributed by atoms with van der Waals surface area (Å²) >= 11 is 0. The van der Waals surface area contributed by atoms with Crippen molar-refractivity contribution >= 4 is 5.91 Å². The summed E-state index contributed by atoms with van der Waals surface area (Å²) in [5.41, 5.74) is 17.1. The van der Waals surface area contributed by atoms with E-state index in [9.17, 15) is 4.79 Å². The molecule has 10 nitrogen and oxygen atoms in total. The molecule has 2 aliphatic carbocycles.